The second kappa shape index (κ2) is 7.50. The fourth-order valence-electron chi connectivity index (χ4n) is 4.60. The second-order valence-electron chi connectivity index (χ2n) is 8.15. The minimum Gasteiger partial charge on any atom is -0.458 e. The summed E-state index contributed by atoms with van der Waals surface area (Å²) in [5.41, 5.74) is 6.74. The molecule has 6 rings (SSSR count). The third-order valence-electron chi connectivity index (χ3n) is 6.15. The van der Waals surface area contributed by atoms with E-state index in [9.17, 15) is 24.5 Å². The number of carbonyl (C=O) groups is 2. The molecule has 0 amide bonds. The number of hydrogen-bond acceptors (Lipinski definition) is 11. The minimum absolute atomic E-state index is 0.0326. The van der Waals surface area contributed by atoms with Crippen molar-refractivity contribution in [2.75, 3.05) is 13.3 Å². The van der Waals surface area contributed by atoms with Crippen molar-refractivity contribution in [3.05, 3.63) is 55.4 Å². The quantitative estimate of drug-likeness (QED) is 0.251. The molecule has 0 saturated carbocycles. The van der Waals surface area contributed by atoms with Crippen LogP contribution in [0.5, 0.6) is 11.5 Å². The third kappa shape index (κ3) is 3.05. The summed E-state index contributed by atoms with van der Waals surface area (Å²) in [6.07, 6.45) is -1.51. The first kappa shape index (κ1) is 21.0. The number of fused-ring (bicyclic) bond motifs is 6. The summed E-state index contributed by atoms with van der Waals surface area (Å²) < 4.78 is 22.4. The Morgan fingerprint density at radius 1 is 1.26 bits per heavy atom. The van der Waals surface area contributed by atoms with Gasteiger partial charge in [0.1, 0.15) is 6.61 Å². The Kier molecular flexibility index (Phi) is 4.51. The van der Waals surface area contributed by atoms with Crippen LogP contribution in [0.25, 0.3) is 22.3 Å². The first-order chi connectivity index (χ1) is 16.9. The highest BCUT2D eigenvalue weighted by atomic mass is 16.7. The maximum atomic E-state index is 13.3. The molecule has 13 heteroatoms. The predicted molar refractivity (Wildman–Crippen MR) is 116 cm³/mol. The number of pyridine rings is 2. The molecule has 3 aliphatic heterocycles. The maximum absolute atomic E-state index is 13.3. The van der Waals surface area contributed by atoms with Crippen LogP contribution >= 0.6 is 0 Å². The molecule has 1 aromatic carbocycles. The number of nitrogens with two attached hydrogens (primary N) is 1. The summed E-state index contributed by atoms with van der Waals surface area (Å²) in [5, 5.41) is 12.1. The van der Waals surface area contributed by atoms with E-state index in [0.717, 1.165) is 0 Å². The van der Waals surface area contributed by atoms with Gasteiger partial charge in [-0.25, -0.2) is 9.78 Å². The molecule has 3 aromatic rings. The lowest BCUT2D eigenvalue weighted by Gasteiger charge is -2.25. The van der Waals surface area contributed by atoms with Crippen LogP contribution in [0.3, 0.4) is 0 Å². The average Bonchev–Trinajstić information content (AvgIpc) is 3.42. The molecule has 0 aliphatic carbocycles. The number of ether oxygens (including phenoxy) is 4. The van der Waals surface area contributed by atoms with E-state index < -0.39 is 28.5 Å². The van der Waals surface area contributed by atoms with Crippen molar-refractivity contribution >= 4 is 28.5 Å². The number of aromatic nitrogens is 2. The van der Waals surface area contributed by atoms with Gasteiger partial charge in [-0.15, -0.1) is 0 Å². The normalized spacial score (nSPS) is 16.9. The number of benzene rings is 1. The highest BCUT2D eigenvalue weighted by Crippen LogP contribution is 2.47. The molecular weight excluding hydrogens is 464 g/mol. The van der Waals surface area contributed by atoms with E-state index in [2.05, 4.69) is 4.98 Å². The van der Waals surface area contributed by atoms with Crippen LogP contribution in [0.4, 0.5) is 5.69 Å². The van der Waals surface area contributed by atoms with Gasteiger partial charge in [-0.2, -0.15) is 0 Å². The Hall–Kier alpha value is -4.52. The summed E-state index contributed by atoms with van der Waals surface area (Å²) in [6.45, 7) is -0.264. The Labute approximate surface area is 195 Å². The zero-order valence-corrected chi connectivity index (χ0v) is 17.9. The molecule has 1 atom stereocenters. The van der Waals surface area contributed by atoms with Gasteiger partial charge >= 0.3 is 17.6 Å². The fourth-order valence-corrected chi connectivity index (χ4v) is 4.60. The SMILES string of the molecule is NCCC(=O)O[C@H]1C(=O)OCc2c1cc1n(c2=O)Cc2cc3c([N+](=O)[O-])c4c(cc3nc2-1)OCO4. The zero-order valence-electron chi connectivity index (χ0n) is 17.9. The first-order valence-electron chi connectivity index (χ1n) is 10.6. The molecule has 13 nitrogen and oxygen atoms in total. The van der Waals surface area contributed by atoms with Crippen LogP contribution in [0.2, 0.25) is 0 Å². The van der Waals surface area contributed by atoms with E-state index in [0.29, 0.717) is 17.0 Å². The topological polar surface area (TPSA) is 175 Å². The van der Waals surface area contributed by atoms with Gasteiger partial charge in [0.15, 0.2) is 5.75 Å². The van der Waals surface area contributed by atoms with Crippen LogP contribution in [-0.4, -0.2) is 39.8 Å². The molecule has 0 fully saturated rings. The fraction of sp³-hybridized carbons (Fsp3) is 0.273. The van der Waals surface area contributed by atoms with Crippen molar-refractivity contribution in [3.63, 3.8) is 0 Å². The Bertz CT molecular complexity index is 1540. The molecule has 0 spiro atoms. The summed E-state index contributed by atoms with van der Waals surface area (Å²) in [7, 11) is 0. The van der Waals surface area contributed by atoms with Crippen molar-refractivity contribution in [1.82, 2.24) is 9.55 Å². The molecule has 2 N–H and O–H groups in total. The van der Waals surface area contributed by atoms with Crippen LogP contribution in [0.15, 0.2) is 23.0 Å². The van der Waals surface area contributed by atoms with Gasteiger partial charge < -0.3 is 29.2 Å². The molecular formula is C22H16N4O9. The van der Waals surface area contributed by atoms with E-state index in [-0.39, 0.29) is 72.1 Å². The summed E-state index contributed by atoms with van der Waals surface area (Å²) in [4.78, 5) is 53.6. The van der Waals surface area contributed by atoms with Gasteiger partial charge in [-0.05, 0) is 12.1 Å². The number of esters is 2. The average molecular weight is 480 g/mol. The van der Waals surface area contributed by atoms with Crippen molar-refractivity contribution in [2.45, 2.75) is 25.7 Å². The lowest BCUT2D eigenvalue weighted by atomic mass is 10.00. The number of nitrogens with zero attached hydrogens (tertiary/aromatic N) is 3. The molecule has 2 aromatic heterocycles. The highest BCUT2D eigenvalue weighted by molar-refractivity contribution is 5.96. The second-order valence-corrected chi connectivity index (χ2v) is 8.15. The van der Waals surface area contributed by atoms with E-state index in [1.54, 1.807) is 18.2 Å². The van der Waals surface area contributed by atoms with Crippen LogP contribution in [0, 0.1) is 10.1 Å². The first-order valence-corrected chi connectivity index (χ1v) is 10.6. The van der Waals surface area contributed by atoms with Crippen LogP contribution in [-0.2, 0) is 32.2 Å². The number of rotatable bonds is 4. The third-order valence-corrected chi connectivity index (χ3v) is 6.15. The lowest BCUT2D eigenvalue weighted by molar-refractivity contribution is -0.383. The largest absolute Gasteiger partial charge is 0.458 e. The van der Waals surface area contributed by atoms with Crippen LogP contribution in [0.1, 0.15) is 29.2 Å². The molecule has 5 heterocycles. The molecule has 178 valence electrons. The van der Waals surface area contributed by atoms with Gasteiger partial charge in [-0.1, -0.05) is 0 Å². The van der Waals surface area contributed by atoms with Gasteiger partial charge in [0.2, 0.25) is 18.6 Å². The van der Waals surface area contributed by atoms with Gasteiger partial charge in [0, 0.05) is 23.7 Å². The van der Waals surface area contributed by atoms with Crippen molar-refractivity contribution in [2.24, 2.45) is 5.73 Å². The number of hydrogen-bond donors (Lipinski definition) is 1. The monoisotopic (exact) mass is 480 g/mol. The van der Waals surface area contributed by atoms with Crippen molar-refractivity contribution in [1.29, 1.82) is 0 Å². The van der Waals surface area contributed by atoms with Crippen LogP contribution < -0.4 is 20.8 Å². The number of nitro groups is 1. The van der Waals surface area contributed by atoms with E-state index in [1.807, 2.05) is 0 Å². The van der Waals surface area contributed by atoms with Gasteiger partial charge in [-0.3, -0.25) is 19.7 Å². The summed E-state index contributed by atoms with van der Waals surface area (Å²) in [5.74, 6) is -1.26. The molecule has 3 aliphatic rings. The van der Waals surface area contributed by atoms with E-state index in [4.69, 9.17) is 24.7 Å². The number of cyclic esters (lactones) is 1. The Morgan fingerprint density at radius 2 is 2.09 bits per heavy atom. The Balaban J connectivity index is 1.53. The van der Waals surface area contributed by atoms with Gasteiger partial charge in [0.25, 0.3) is 5.56 Å². The molecule has 0 unspecified atom stereocenters. The standard InChI is InChI=1S/C22H16N4O9/c23-2-1-16(27)35-19-10-4-14-17-9(6-25(14)21(28)12(10)7-32-22(19)29)3-11-13(24-17)5-15-20(34-8-33-15)18(11)26(30)31/h3-5,19H,1-2,6-8,23H2/t19-/m1/s1. The van der Waals surface area contributed by atoms with Gasteiger partial charge in [0.05, 0.1) is 45.7 Å². The Morgan fingerprint density at radius 3 is 2.86 bits per heavy atom. The molecule has 0 bridgehead atoms. The molecule has 0 radical (unpaired) electrons. The predicted octanol–water partition coefficient (Wildman–Crippen LogP) is 1.05. The highest BCUT2D eigenvalue weighted by Gasteiger charge is 2.38. The molecule has 35 heavy (non-hydrogen) atoms. The number of nitro benzene ring substituents is 1. The maximum Gasteiger partial charge on any atom is 0.352 e. The summed E-state index contributed by atoms with van der Waals surface area (Å²) in [6, 6.07) is 4.71. The van der Waals surface area contributed by atoms with E-state index >= 15 is 0 Å². The zero-order chi connectivity index (χ0) is 24.4. The smallest absolute Gasteiger partial charge is 0.352 e. The van der Waals surface area contributed by atoms with Crippen molar-refractivity contribution < 1.29 is 33.5 Å². The molecule has 0 saturated heterocycles. The summed E-state index contributed by atoms with van der Waals surface area (Å²) >= 11 is 0. The van der Waals surface area contributed by atoms with Crippen molar-refractivity contribution in [3.8, 4) is 22.9 Å². The lowest BCUT2D eigenvalue weighted by Crippen LogP contribution is -2.34. The van der Waals surface area contributed by atoms with E-state index in [1.165, 1.54) is 4.57 Å². The minimum atomic E-state index is -1.41. The number of carbonyl (C=O) groups excluding carboxylic acids is 2.